The molecule has 0 saturated heterocycles. The normalized spacial score (nSPS) is 23.1. The highest BCUT2D eigenvalue weighted by molar-refractivity contribution is 6.31. The molecule has 0 aromatic heterocycles. The smallest absolute Gasteiger partial charge is 0.254 e. The molecule has 1 heterocycles. The maximum atomic E-state index is 11.7. The lowest BCUT2D eigenvalue weighted by molar-refractivity contribution is 0.00359. The summed E-state index contributed by atoms with van der Waals surface area (Å²) in [4.78, 5) is 11.7. The standard InChI is InChI=1S/C12H14ClNO2/c1-2-3-6-12(16)10-5-4-8(13)7-9(10)11(15)14-12/h4-5,7,16H,2-3,6H2,1H3,(H,14,15). The molecule has 0 fully saturated rings. The number of fused-ring (bicyclic) bond motifs is 1. The van der Waals surface area contributed by atoms with Gasteiger partial charge in [-0.2, -0.15) is 0 Å². The van der Waals surface area contributed by atoms with Crippen molar-refractivity contribution < 1.29 is 9.90 Å². The highest BCUT2D eigenvalue weighted by atomic mass is 35.5. The third kappa shape index (κ3) is 1.81. The van der Waals surface area contributed by atoms with Crippen LogP contribution in [0.4, 0.5) is 0 Å². The number of halogens is 1. The summed E-state index contributed by atoms with van der Waals surface area (Å²) in [7, 11) is 0. The van der Waals surface area contributed by atoms with Crippen molar-refractivity contribution >= 4 is 17.5 Å². The molecule has 1 aromatic carbocycles. The summed E-state index contributed by atoms with van der Waals surface area (Å²) in [6.07, 6.45) is 2.36. The molecule has 4 heteroatoms. The number of carbonyl (C=O) groups excluding carboxylic acids is 1. The summed E-state index contributed by atoms with van der Waals surface area (Å²) in [6, 6.07) is 5.00. The molecular weight excluding hydrogens is 226 g/mol. The maximum Gasteiger partial charge on any atom is 0.254 e. The van der Waals surface area contributed by atoms with Crippen LogP contribution in [0.15, 0.2) is 18.2 Å². The fourth-order valence-corrected chi connectivity index (χ4v) is 2.19. The first-order chi connectivity index (χ1) is 7.57. The Morgan fingerprint density at radius 3 is 2.94 bits per heavy atom. The number of carbonyl (C=O) groups is 1. The average Bonchev–Trinajstić information content (AvgIpc) is 2.49. The van der Waals surface area contributed by atoms with Gasteiger partial charge < -0.3 is 10.4 Å². The summed E-state index contributed by atoms with van der Waals surface area (Å²) < 4.78 is 0. The molecule has 1 amide bonds. The van der Waals surface area contributed by atoms with Crippen LogP contribution in [-0.2, 0) is 5.72 Å². The predicted molar refractivity (Wildman–Crippen MR) is 62.3 cm³/mol. The van der Waals surface area contributed by atoms with E-state index in [2.05, 4.69) is 5.32 Å². The molecule has 0 radical (unpaired) electrons. The minimum Gasteiger partial charge on any atom is -0.367 e. The van der Waals surface area contributed by atoms with E-state index in [0.717, 1.165) is 12.8 Å². The third-order valence-electron chi connectivity index (χ3n) is 2.88. The topological polar surface area (TPSA) is 49.3 Å². The Bertz CT molecular complexity index is 433. The highest BCUT2D eigenvalue weighted by Crippen LogP contribution is 2.34. The van der Waals surface area contributed by atoms with Crippen molar-refractivity contribution in [2.75, 3.05) is 0 Å². The number of amides is 1. The van der Waals surface area contributed by atoms with E-state index in [0.29, 0.717) is 22.6 Å². The Morgan fingerprint density at radius 2 is 2.25 bits per heavy atom. The molecule has 1 aromatic rings. The molecule has 1 aliphatic rings. The van der Waals surface area contributed by atoms with E-state index in [1.165, 1.54) is 0 Å². The first kappa shape index (κ1) is 11.4. The molecule has 0 aliphatic carbocycles. The highest BCUT2D eigenvalue weighted by Gasteiger charge is 2.40. The summed E-state index contributed by atoms with van der Waals surface area (Å²) in [6.45, 7) is 2.04. The lowest BCUT2D eigenvalue weighted by Crippen LogP contribution is -2.38. The van der Waals surface area contributed by atoms with Crippen molar-refractivity contribution in [1.82, 2.24) is 5.32 Å². The number of nitrogens with one attached hydrogen (secondary N) is 1. The fraction of sp³-hybridized carbons (Fsp3) is 0.417. The van der Waals surface area contributed by atoms with Gasteiger partial charge in [0.05, 0.1) is 0 Å². The van der Waals surface area contributed by atoms with Gasteiger partial charge in [-0.15, -0.1) is 0 Å². The van der Waals surface area contributed by atoms with Gasteiger partial charge in [0.1, 0.15) is 0 Å². The zero-order chi connectivity index (χ0) is 11.8. The van der Waals surface area contributed by atoms with Gasteiger partial charge in [-0.1, -0.05) is 31.0 Å². The van der Waals surface area contributed by atoms with Crippen LogP contribution in [0, 0.1) is 0 Å². The number of hydrogen-bond acceptors (Lipinski definition) is 2. The van der Waals surface area contributed by atoms with Gasteiger partial charge in [-0.3, -0.25) is 4.79 Å². The third-order valence-corrected chi connectivity index (χ3v) is 3.12. The first-order valence-electron chi connectivity index (χ1n) is 5.42. The van der Waals surface area contributed by atoms with Crippen LogP contribution < -0.4 is 5.32 Å². The van der Waals surface area contributed by atoms with Gasteiger partial charge in [0.25, 0.3) is 5.91 Å². The summed E-state index contributed by atoms with van der Waals surface area (Å²) in [5.74, 6) is -0.254. The average molecular weight is 240 g/mol. The van der Waals surface area contributed by atoms with Gasteiger partial charge >= 0.3 is 0 Å². The van der Waals surface area contributed by atoms with Crippen molar-refractivity contribution in [2.45, 2.75) is 31.9 Å². The van der Waals surface area contributed by atoms with Gasteiger partial charge in [-0.05, 0) is 25.0 Å². The van der Waals surface area contributed by atoms with E-state index >= 15 is 0 Å². The molecule has 2 N–H and O–H groups in total. The quantitative estimate of drug-likeness (QED) is 0.851. The Morgan fingerprint density at radius 1 is 1.50 bits per heavy atom. The predicted octanol–water partition coefficient (Wildman–Crippen LogP) is 2.42. The number of aliphatic hydroxyl groups is 1. The van der Waals surface area contributed by atoms with E-state index in [1.54, 1.807) is 18.2 Å². The summed E-state index contributed by atoms with van der Waals surface area (Å²) in [5, 5.41) is 13.5. The molecule has 86 valence electrons. The van der Waals surface area contributed by atoms with E-state index in [-0.39, 0.29) is 5.91 Å². The number of rotatable bonds is 3. The second-order valence-electron chi connectivity index (χ2n) is 4.11. The molecule has 3 nitrogen and oxygen atoms in total. The summed E-state index contributed by atoms with van der Waals surface area (Å²) in [5.41, 5.74) is -0.103. The molecule has 1 aliphatic heterocycles. The molecule has 16 heavy (non-hydrogen) atoms. The van der Waals surface area contributed by atoms with Crippen LogP contribution >= 0.6 is 11.6 Å². The maximum absolute atomic E-state index is 11.7. The number of hydrogen-bond donors (Lipinski definition) is 2. The monoisotopic (exact) mass is 239 g/mol. The second-order valence-corrected chi connectivity index (χ2v) is 4.54. The zero-order valence-corrected chi connectivity index (χ0v) is 9.84. The van der Waals surface area contributed by atoms with Gasteiger partial charge in [0.2, 0.25) is 0 Å². The first-order valence-corrected chi connectivity index (χ1v) is 5.79. The van der Waals surface area contributed by atoms with E-state index < -0.39 is 5.72 Å². The van der Waals surface area contributed by atoms with Crippen molar-refractivity contribution in [3.63, 3.8) is 0 Å². The van der Waals surface area contributed by atoms with Crippen molar-refractivity contribution in [1.29, 1.82) is 0 Å². The second kappa shape index (κ2) is 4.07. The molecule has 0 bridgehead atoms. The van der Waals surface area contributed by atoms with Crippen LogP contribution in [0.25, 0.3) is 0 Å². The van der Waals surface area contributed by atoms with Crippen molar-refractivity contribution in [3.05, 3.63) is 34.3 Å². The Kier molecular flexibility index (Phi) is 2.91. The van der Waals surface area contributed by atoms with Crippen LogP contribution in [0.3, 0.4) is 0 Å². The van der Waals surface area contributed by atoms with Crippen LogP contribution in [0.2, 0.25) is 5.02 Å². The van der Waals surface area contributed by atoms with Gasteiger partial charge in [-0.25, -0.2) is 0 Å². The SMILES string of the molecule is CCCCC1(O)NC(=O)c2cc(Cl)ccc21. The minimum atomic E-state index is -1.22. The van der Waals surface area contributed by atoms with Gasteiger partial charge in [0, 0.05) is 16.1 Å². The van der Waals surface area contributed by atoms with Gasteiger partial charge in [0.15, 0.2) is 5.72 Å². The number of unbranched alkanes of at least 4 members (excludes halogenated alkanes) is 1. The summed E-state index contributed by atoms with van der Waals surface area (Å²) >= 11 is 5.82. The Labute approximate surface area is 99.4 Å². The van der Waals surface area contributed by atoms with Crippen LogP contribution in [0.5, 0.6) is 0 Å². The lowest BCUT2D eigenvalue weighted by atomic mass is 9.97. The fourth-order valence-electron chi connectivity index (χ4n) is 2.02. The molecule has 2 rings (SSSR count). The molecular formula is C12H14ClNO2. The molecule has 0 saturated carbocycles. The van der Waals surface area contributed by atoms with E-state index in [4.69, 9.17) is 11.6 Å². The number of benzene rings is 1. The Hall–Kier alpha value is -1.06. The zero-order valence-electron chi connectivity index (χ0n) is 9.09. The molecule has 1 unspecified atom stereocenters. The van der Waals surface area contributed by atoms with Crippen molar-refractivity contribution in [2.24, 2.45) is 0 Å². The lowest BCUT2D eigenvalue weighted by Gasteiger charge is -2.23. The van der Waals surface area contributed by atoms with Crippen LogP contribution in [0.1, 0.15) is 42.1 Å². The van der Waals surface area contributed by atoms with Crippen molar-refractivity contribution in [3.8, 4) is 0 Å². The van der Waals surface area contributed by atoms with E-state index in [1.807, 2.05) is 6.92 Å². The molecule has 1 atom stereocenters. The largest absolute Gasteiger partial charge is 0.367 e. The molecule has 0 spiro atoms. The van der Waals surface area contributed by atoms with Crippen LogP contribution in [-0.4, -0.2) is 11.0 Å². The minimum absolute atomic E-state index is 0.254. The van der Waals surface area contributed by atoms with E-state index in [9.17, 15) is 9.90 Å². The Balaban J connectivity index is 2.38.